The molecule has 0 heterocycles. The molecule has 0 bridgehead atoms. The van der Waals surface area contributed by atoms with Crippen molar-refractivity contribution < 1.29 is 13.2 Å². The molecule has 3 rings (SSSR count). The monoisotopic (exact) mass is 455 g/mol. The highest BCUT2D eigenvalue weighted by atomic mass is 79.9. The van der Waals surface area contributed by atoms with E-state index in [9.17, 15) is 13.2 Å². The van der Waals surface area contributed by atoms with Gasteiger partial charge in [-0.15, -0.1) is 0 Å². The molecule has 2 aromatic carbocycles. The predicted octanol–water partition coefficient (Wildman–Crippen LogP) is 4.28. The Balaban J connectivity index is 1.64. The molecule has 26 heavy (non-hydrogen) atoms. The number of carbonyl (C=O) groups excluding carboxylic acids is 1. The molecule has 138 valence electrons. The number of carbonyl (C=O) groups is 1. The van der Waals surface area contributed by atoms with E-state index >= 15 is 0 Å². The van der Waals surface area contributed by atoms with Crippen LogP contribution < -0.4 is 5.32 Å². The van der Waals surface area contributed by atoms with Gasteiger partial charge in [0.1, 0.15) is 5.75 Å². The second kappa shape index (κ2) is 8.11. The Hall–Kier alpha value is -1.37. The smallest absolute Gasteiger partial charge is 0.235 e. The van der Waals surface area contributed by atoms with E-state index in [-0.39, 0.29) is 11.8 Å². The van der Waals surface area contributed by atoms with Crippen molar-refractivity contribution in [1.82, 2.24) is 5.32 Å². The number of benzene rings is 2. The zero-order valence-corrected chi connectivity index (χ0v) is 17.1. The normalized spacial score (nSPS) is 15.5. The summed E-state index contributed by atoms with van der Waals surface area (Å²) in [5.41, 5.74) is 1.62. The molecule has 1 saturated carbocycles. The molecule has 4 nitrogen and oxygen atoms in total. The van der Waals surface area contributed by atoms with Crippen LogP contribution in [-0.2, 0) is 20.4 Å². The Kier molecular flexibility index (Phi) is 6.05. The minimum Gasteiger partial charge on any atom is -0.348 e. The van der Waals surface area contributed by atoms with Crippen LogP contribution in [0.5, 0.6) is 0 Å². The van der Waals surface area contributed by atoms with E-state index in [1.54, 1.807) is 36.4 Å². The largest absolute Gasteiger partial charge is 0.348 e. The van der Waals surface area contributed by atoms with Crippen molar-refractivity contribution in [3.8, 4) is 0 Å². The van der Waals surface area contributed by atoms with Gasteiger partial charge < -0.3 is 5.32 Å². The lowest BCUT2D eigenvalue weighted by atomic mass is 10.0. The fourth-order valence-electron chi connectivity index (χ4n) is 2.87. The van der Waals surface area contributed by atoms with Gasteiger partial charge in [0, 0.05) is 9.50 Å². The summed E-state index contributed by atoms with van der Waals surface area (Å²) >= 11 is 9.24. The maximum atomic E-state index is 12.4. The third kappa shape index (κ3) is 5.56. The van der Waals surface area contributed by atoms with E-state index in [0.29, 0.717) is 16.5 Å². The van der Waals surface area contributed by atoms with E-state index in [2.05, 4.69) is 21.2 Å². The number of nitrogens with one attached hydrogen (secondary N) is 1. The minimum absolute atomic E-state index is 0.150. The number of hydrogen-bond acceptors (Lipinski definition) is 3. The maximum Gasteiger partial charge on any atom is 0.235 e. The first-order valence-corrected chi connectivity index (χ1v) is 11.3. The molecule has 0 radical (unpaired) electrons. The van der Waals surface area contributed by atoms with Crippen LogP contribution in [0, 0.1) is 5.92 Å². The van der Waals surface area contributed by atoms with Gasteiger partial charge in [-0.25, -0.2) is 8.42 Å². The SMILES string of the molecule is O=C(CS(=O)(=O)Cc1ccc(Br)cc1)NC(c1ccc(Cl)cc1)C1CC1. The summed E-state index contributed by atoms with van der Waals surface area (Å²) in [6.45, 7) is 0. The molecule has 1 aliphatic carbocycles. The van der Waals surface area contributed by atoms with Gasteiger partial charge in [0.25, 0.3) is 0 Å². The molecule has 1 amide bonds. The van der Waals surface area contributed by atoms with Gasteiger partial charge in [0.15, 0.2) is 9.84 Å². The molecule has 0 spiro atoms. The standard InChI is InChI=1S/C19H19BrClNO3S/c20-16-7-1-13(2-8-16)11-26(24,25)12-18(23)22-19(14-3-4-14)15-5-9-17(21)10-6-15/h1-2,5-10,14,19H,3-4,11-12H2,(H,22,23). The van der Waals surface area contributed by atoms with Crippen LogP contribution in [0.4, 0.5) is 0 Å². The summed E-state index contributed by atoms with van der Waals surface area (Å²) in [5.74, 6) is -0.772. The van der Waals surface area contributed by atoms with Gasteiger partial charge >= 0.3 is 0 Å². The van der Waals surface area contributed by atoms with E-state index in [1.165, 1.54) is 0 Å². The van der Waals surface area contributed by atoms with Crippen molar-refractivity contribution in [2.75, 3.05) is 5.75 Å². The van der Waals surface area contributed by atoms with Crippen molar-refractivity contribution in [3.63, 3.8) is 0 Å². The molecule has 0 saturated heterocycles. The molecule has 1 N–H and O–H groups in total. The van der Waals surface area contributed by atoms with Crippen molar-refractivity contribution in [3.05, 3.63) is 69.2 Å². The van der Waals surface area contributed by atoms with Crippen LogP contribution in [0.3, 0.4) is 0 Å². The number of halogens is 2. The highest BCUT2D eigenvalue weighted by molar-refractivity contribution is 9.10. The summed E-state index contributed by atoms with van der Waals surface area (Å²) in [7, 11) is -3.53. The van der Waals surface area contributed by atoms with Crippen LogP contribution in [0.2, 0.25) is 5.02 Å². The van der Waals surface area contributed by atoms with E-state index in [4.69, 9.17) is 11.6 Å². The molecular formula is C19H19BrClNO3S. The van der Waals surface area contributed by atoms with Crippen LogP contribution >= 0.6 is 27.5 Å². The van der Waals surface area contributed by atoms with Gasteiger partial charge in [-0.1, -0.05) is 51.8 Å². The number of rotatable bonds is 7. The Morgan fingerprint density at radius 3 is 2.31 bits per heavy atom. The summed E-state index contributed by atoms with van der Waals surface area (Å²) < 4.78 is 25.6. The molecule has 1 unspecified atom stereocenters. The summed E-state index contributed by atoms with van der Waals surface area (Å²) in [5, 5.41) is 3.53. The first kappa shape index (κ1) is 19.4. The van der Waals surface area contributed by atoms with Crippen molar-refractivity contribution >= 4 is 43.3 Å². The Labute approximate surface area is 167 Å². The second-order valence-electron chi connectivity index (χ2n) is 6.59. The fourth-order valence-corrected chi connectivity index (χ4v) is 4.55. The molecule has 0 aromatic heterocycles. The average Bonchev–Trinajstić information content (AvgIpc) is 3.40. The highest BCUT2D eigenvalue weighted by Crippen LogP contribution is 2.41. The molecule has 7 heteroatoms. The quantitative estimate of drug-likeness (QED) is 0.676. The summed E-state index contributed by atoms with van der Waals surface area (Å²) in [6.07, 6.45) is 2.05. The van der Waals surface area contributed by atoms with Crippen LogP contribution in [0.25, 0.3) is 0 Å². The number of sulfone groups is 1. The molecule has 1 aliphatic rings. The van der Waals surface area contributed by atoms with Crippen molar-refractivity contribution in [2.45, 2.75) is 24.6 Å². The third-order valence-corrected chi connectivity index (χ3v) is 6.55. The van der Waals surface area contributed by atoms with Gasteiger partial charge in [-0.2, -0.15) is 0 Å². The van der Waals surface area contributed by atoms with E-state index < -0.39 is 21.5 Å². The molecule has 1 fully saturated rings. The summed E-state index contributed by atoms with van der Waals surface area (Å²) in [6, 6.07) is 14.2. The highest BCUT2D eigenvalue weighted by Gasteiger charge is 2.34. The van der Waals surface area contributed by atoms with Crippen molar-refractivity contribution in [1.29, 1.82) is 0 Å². The summed E-state index contributed by atoms with van der Waals surface area (Å²) in [4.78, 5) is 12.4. The lowest BCUT2D eigenvalue weighted by Gasteiger charge is -2.19. The predicted molar refractivity (Wildman–Crippen MR) is 107 cm³/mol. The second-order valence-corrected chi connectivity index (χ2v) is 10.0. The number of amides is 1. The van der Waals surface area contributed by atoms with Crippen molar-refractivity contribution in [2.24, 2.45) is 5.92 Å². The molecule has 0 aliphatic heterocycles. The molecular weight excluding hydrogens is 438 g/mol. The Morgan fingerprint density at radius 1 is 1.12 bits per heavy atom. The fraction of sp³-hybridized carbons (Fsp3) is 0.316. The topological polar surface area (TPSA) is 63.2 Å². The average molecular weight is 457 g/mol. The Bertz CT molecular complexity index is 878. The van der Waals surface area contributed by atoms with Gasteiger partial charge in [0.05, 0.1) is 11.8 Å². The number of hydrogen-bond donors (Lipinski definition) is 1. The van der Waals surface area contributed by atoms with Crippen LogP contribution in [0.15, 0.2) is 53.0 Å². The van der Waals surface area contributed by atoms with E-state index in [1.807, 2.05) is 12.1 Å². The first-order valence-electron chi connectivity index (χ1n) is 8.32. The molecule has 1 atom stereocenters. The van der Waals surface area contributed by atoms with Gasteiger partial charge in [0.2, 0.25) is 5.91 Å². The van der Waals surface area contributed by atoms with Gasteiger partial charge in [-0.05, 0) is 54.2 Å². The van der Waals surface area contributed by atoms with E-state index in [0.717, 1.165) is 22.9 Å². The maximum absolute atomic E-state index is 12.4. The zero-order valence-electron chi connectivity index (χ0n) is 14.0. The van der Waals surface area contributed by atoms with Gasteiger partial charge in [-0.3, -0.25) is 4.79 Å². The van der Waals surface area contributed by atoms with Crippen LogP contribution in [0.1, 0.15) is 30.0 Å². The lowest BCUT2D eigenvalue weighted by Crippen LogP contribution is -2.35. The Morgan fingerprint density at radius 2 is 1.73 bits per heavy atom. The zero-order chi connectivity index (χ0) is 18.7. The molecule has 2 aromatic rings. The third-order valence-electron chi connectivity index (χ3n) is 4.29. The first-order chi connectivity index (χ1) is 12.3. The lowest BCUT2D eigenvalue weighted by molar-refractivity contribution is -0.119. The minimum atomic E-state index is -3.53. The van der Waals surface area contributed by atoms with Crippen LogP contribution in [-0.4, -0.2) is 20.1 Å².